The zero-order valence-electron chi connectivity index (χ0n) is 44.1. The van der Waals surface area contributed by atoms with Crippen LogP contribution in [0.4, 0.5) is 0 Å². The van der Waals surface area contributed by atoms with Gasteiger partial charge in [-0.3, -0.25) is 0 Å². The molecule has 0 unspecified atom stereocenters. The van der Waals surface area contributed by atoms with Crippen molar-refractivity contribution in [3.63, 3.8) is 0 Å². The third kappa shape index (κ3) is 7.69. The molecule has 0 N–H and O–H groups in total. The van der Waals surface area contributed by atoms with Crippen molar-refractivity contribution in [1.29, 1.82) is 0 Å². The van der Waals surface area contributed by atoms with Crippen LogP contribution < -0.4 is 0 Å². The monoisotopic (exact) mass is 1240 g/mol. The van der Waals surface area contributed by atoms with Crippen molar-refractivity contribution in [2.45, 2.75) is 243 Å². The quantitative estimate of drug-likeness (QED) is 0.211. The summed E-state index contributed by atoms with van der Waals surface area (Å²) in [6.45, 7) is 0. The van der Waals surface area contributed by atoms with Crippen LogP contribution in [0.15, 0.2) is 48.5 Å². The summed E-state index contributed by atoms with van der Waals surface area (Å²) in [4.78, 5) is 7.92. The van der Waals surface area contributed by atoms with Gasteiger partial charge in [-0.15, -0.1) is 0 Å². The van der Waals surface area contributed by atoms with Crippen LogP contribution in [0.5, 0.6) is 0 Å². The molecule has 6 saturated heterocycles. The van der Waals surface area contributed by atoms with E-state index in [0.717, 1.165) is 180 Å². The summed E-state index contributed by atoms with van der Waals surface area (Å²) >= 11 is -3.44. The van der Waals surface area contributed by atoms with Crippen molar-refractivity contribution in [1.82, 2.24) is 0 Å². The Balaban J connectivity index is 1.07. The molecule has 0 atom stereocenters. The third-order valence-corrected chi connectivity index (χ3v) is 71.3. The summed E-state index contributed by atoms with van der Waals surface area (Å²) < 4.78 is 105. The number of hydrogen-bond donors (Lipinski definition) is 0. The number of hydrogen-bond acceptors (Lipinski definition) is 12. The maximum atomic E-state index is 8.95. The second kappa shape index (κ2) is 18.2. The molecule has 2 aromatic carbocycles. The van der Waals surface area contributed by atoms with E-state index in [4.69, 9.17) is 49.4 Å². The number of rotatable bonds is 10. The van der Waals surface area contributed by atoms with Crippen LogP contribution in [-0.2, 0) is 52.8 Å². The summed E-state index contributed by atoms with van der Waals surface area (Å²) in [6, 6.07) is 19.1. The van der Waals surface area contributed by atoms with E-state index in [1.54, 1.807) is 0 Å². The van der Waals surface area contributed by atoms with E-state index in [2.05, 4.69) is 63.3 Å². The molecular weight excluding hydrogens is 1160 g/mol. The number of fused-ring (bicyclic) bond motifs is 3. The fourth-order valence-corrected chi connectivity index (χ4v) is 86.6. The van der Waals surface area contributed by atoms with E-state index in [0.29, 0.717) is 6.04 Å². The van der Waals surface area contributed by atoms with Crippen molar-refractivity contribution < 1.29 is 49.4 Å². The van der Waals surface area contributed by atoms with E-state index >= 15 is 0 Å². The van der Waals surface area contributed by atoms with Gasteiger partial charge < -0.3 is 0 Å². The predicted molar refractivity (Wildman–Crippen MR) is 295 cm³/mol. The van der Waals surface area contributed by atoms with Crippen LogP contribution >= 0.6 is 0 Å². The van der Waals surface area contributed by atoms with E-state index < -0.39 is 92.2 Å². The Labute approximate surface area is 448 Å². The van der Waals surface area contributed by atoms with Gasteiger partial charge in [-0.25, -0.2) is 0 Å². The predicted octanol–water partition coefficient (Wildman–Crippen LogP) is 14.2. The first-order valence-corrected chi connectivity index (χ1v) is 54.5. The normalized spacial score (nSPS) is 43.5. The zero-order valence-corrected chi connectivity index (χ0v) is 54.9. The van der Waals surface area contributed by atoms with Gasteiger partial charge in [-0.1, -0.05) is 0 Å². The molecule has 8 bridgehead atoms. The Morgan fingerprint density at radius 1 is 0.329 bits per heavy atom. The van der Waals surface area contributed by atoms with E-state index in [1.807, 2.05) is 0 Å². The van der Waals surface area contributed by atoms with Crippen molar-refractivity contribution in [3.8, 4) is 11.1 Å². The van der Waals surface area contributed by atoms with Gasteiger partial charge in [0.15, 0.2) is 0 Å². The first-order valence-electron chi connectivity index (χ1n) is 30.0. The average molecular weight is 1240 g/mol. The summed E-state index contributed by atoms with van der Waals surface area (Å²) in [7, 11) is -32.7. The molecule has 7 saturated carbocycles. The fraction of sp³-hybridized carbons (Fsp3) is 0.769. The topological polar surface area (TPSA) is 111 Å². The molecule has 12 nitrogen and oxygen atoms in total. The molecule has 13 fully saturated rings. The van der Waals surface area contributed by atoms with Crippen molar-refractivity contribution in [2.24, 2.45) is 0 Å². The number of benzene rings is 2. The molecule has 398 valence electrons. The minimum atomic E-state index is -4.32. The van der Waals surface area contributed by atoms with Crippen LogP contribution in [0.1, 0.15) is 191 Å². The Morgan fingerprint density at radius 2 is 0.534 bits per heavy atom. The van der Waals surface area contributed by atoms with Gasteiger partial charge in [-0.2, -0.15) is 0 Å². The van der Waals surface area contributed by atoms with Gasteiger partial charge in [-0.05, 0) is 0 Å². The summed E-state index contributed by atoms with van der Waals surface area (Å²) in [5.74, 6) is 0. The Kier molecular flexibility index (Phi) is 12.6. The second-order valence-corrected chi connectivity index (χ2v) is 67.4. The molecule has 0 spiro atoms. The molecule has 6 aliphatic heterocycles. The average Bonchev–Trinajstić information content (AvgIpc) is 4.22. The Bertz CT molecular complexity index is 2210. The van der Waals surface area contributed by atoms with Crippen molar-refractivity contribution in [2.75, 3.05) is 0 Å². The molecular formula is C52H82O12Si8Sn. The molecule has 0 aromatic heterocycles. The van der Waals surface area contributed by atoms with E-state index in [-0.39, 0.29) is 38.8 Å². The summed E-state index contributed by atoms with van der Waals surface area (Å²) in [5, 5.41) is 0. The SMILES string of the molecule is [CH3][Sn]([CH3])([CH3])[C]1(C[Si]23O[Si]4(C5CCCC5)O[Si]5(C6CCCC6)O[Si](C6CCCC6)(O2)O[Si]2(C6CCCC6)O[Si](C6CCCC6)(O3)O[Si](C3CCCC3)(O4)O[Si](C3CCCC3)(O5)O2)c2ccccc2-c2ccccc21. The van der Waals surface area contributed by atoms with Crippen LogP contribution in [0.3, 0.4) is 0 Å². The van der Waals surface area contributed by atoms with Crippen LogP contribution in [-0.4, -0.2) is 88.8 Å². The van der Waals surface area contributed by atoms with Crippen molar-refractivity contribution in [3.05, 3.63) is 59.7 Å². The summed E-state index contributed by atoms with van der Waals surface area (Å²) in [5.41, 5.74) is 5.62. The molecule has 6 heterocycles. The van der Waals surface area contributed by atoms with Crippen LogP contribution in [0.2, 0.25) is 59.7 Å². The summed E-state index contributed by atoms with van der Waals surface area (Å²) in [6.07, 6.45) is 29.0. The van der Waals surface area contributed by atoms with E-state index in [1.165, 1.54) is 22.3 Å². The second-order valence-electron chi connectivity index (χ2n) is 26.4. The fourth-order valence-electron chi connectivity index (χ4n) is 17.7. The van der Waals surface area contributed by atoms with Gasteiger partial charge in [0.1, 0.15) is 0 Å². The van der Waals surface area contributed by atoms with Gasteiger partial charge in [0, 0.05) is 0 Å². The zero-order chi connectivity index (χ0) is 49.0. The molecule has 0 amide bonds. The first kappa shape index (κ1) is 50.5. The molecule has 21 heteroatoms. The molecule has 14 aliphatic rings. The third-order valence-electron chi connectivity index (χ3n) is 21.3. The Hall–Kier alpha value is 0.494. The molecule has 8 aliphatic carbocycles. The van der Waals surface area contributed by atoms with Gasteiger partial charge in [0.25, 0.3) is 0 Å². The van der Waals surface area contributed by atoms with Crippen LogP contribution in [0, 0.1) is 0 Å². The van der Waals surface area contributed by atoms with E-state index in [9.17, 15) is 0 Å². The molecule has 2 aromatic rings. The Morgan fingerprint density at radius 3 is 0.753 bits per heavy atom. The standard InChI is InChI=1S/C49H73O12Si8.3CH3.Sn/c1-2-20-38(19-1)63-50-62(37-49-47-35-17-15-33-45(47)46-34-16-18-36-48(46)49)51-64(39-21-3-4-22-39)55-66(53-63,41-25-7-8-26-41)59-69(44-31-13-14-32-44)60-67(54-63,42-27-9-10-28-42)56-65(52-62,40-23-5-6-24-40)58-68(57-64,61-69)43-29-11-12-30-43;;;;/h15-18,33-36,38-44H,1-14,19-32,37H2;3*1H3;. The van der Waals surface area contributed by atoms with Gasteiger partial charge in [0.05, 0.1) is 0 Å². The van der Waals surface area contributed by atoms with Crippen LogP contribution in [0.25, 0.3) is 11.1 Å². The van der Waals surface area contributed by atoms with Crippen molar-refractivity contribution >= 4 is 88.8 Å². The van der Waals surface area contributed by atoms with Gasteiger partial charge in [0.2, 0.25) is 0 Å². The molecule has 16 rings (SSSR count). The molecule has 0 radical (unpaired) electrons. The first-order chi connectivity index (χ1) is 35.4. The van der Waals surface area contributed by atoms with Gasteiger partial charge >= 0.3 is 452 Å². The molecule has 73 heavy (non-hydrogen) atoms. The minimum absolute atomic E-state index is 0.00677. The maximum absolute atomic E-state index is 8.95.